The Labute approximate surface area is 163 Å². The Morgan fingerprint density at radius 1 is 0.778 bits per heavy atom. The zero-order valence-electron chi connectivity index (χ0n) is 16.8. The van der Waals surface area contributed by atoms with Gasteiger partial charge in [0.1, 0.15) is 0 Å². The van der Waals surface area contributed by atoms with Crippen molar-refractivity contribution in [2.45, 2.75) is 96.1 Å². The molecule has 7 nitrogen and oxygen atoms in total. The third kappa shape index (κ3) is 14.6. The fourth-order valence-corrected chi connectivity index (χ4v) is 3.25. The molecule has 0 rings (SSSR count). The molecule has 0 saturated heterocycles. The molecule has 0 radical (unpaired) electrons. The molecule has 0 fully saturated rings. The lowest BCUT2D eigenvalue weighted by Gasteiger charge is -2.12. The van der Waals surface area contributed by atoms with Gasteiger partial charge in [-0.1, -0.05) is 71.6 Å². The number of esters is 2. The van der Waals surface area contributed by atoms with E-state index in [0.29, 0.717) is 12.8 Å². The Balaban J connectivity index is 3.89. The number of carbonyl (C=O) groups is 2. The molecule has 27 heavy (non-hydrogen) atoms. The van der Waals surface area contributed by atoms with Crippen molar-refractivity contribution in [3.63, 3.8) is 0 Å². The molecule has 1 unspecified atom stereocenters. The molecule has 1 N–H and O–H groups in total. The highest BCUT2D eigenvalue weighted by Crippen LogP contribution is 2.12. The summed E-state index contributed by atoms with van der Waals surface area (Å²) in [4.78, 5) is 23.4. The van der Waals surface area contributed by atoms with Gasteiger partial charge in [-0.15, -0.1) is 0 Å². The lowest BCUT2D eigenvalue weighted by Crippen LogP contribution is -2.34. The van der Waals surface area contributed by atoms with Crippen LogP contribution >= 0.6 is 0 Å². The van der Waals surface area contributed by atoms with Gasteiger partial charge in [0.25, 0.3) is 10.1 Å². The first-order valence-corrected chi connectivity index (χ1v) is 11.6. The minimum Gasteiger partial charge on any atom is -0.466 e. The molecule has 0 saturated carbocycles. The van der Waals surface area contributed by atoms with Crippen LogP contribution in [-0.4, -0.2) is 43.4 Å². The van der Waals surface area contributed by atoms with Crippen LogP contribution in [0.3, 0.4) is 0 Å². The van der Waals surface area contributed by atoms with Crippen LogP contribution in [0.4, 0.5) is 0 Å². The Kier molecular flexibility index (Phi) is 15.2. The highest BCUT2D eigenvalue weighted by Gasteiger charge is 2.35. The summed E-state index contributed by atoms with van der Waals surface area (Å²) >= 11 is 0. The molecule has 0 spiro atoms. The second kappa shape index (κ2) is 15.9. The van der Waals surface area contributed by atoms with Crippen molar-refractivity contribution in [1.29, 1.82) is 0 Å². The van der Waals surface area contributed by atoms with Crippen molar-refractivity contribution >= 4 is 22.1 Å². The van der Waals surface area contributed by atoms with Crippen molar-refractivity contribution in [2.24, 2.45) is 0 Å². The molecule has 0 aliphatic heterocycles. The van der Waals surface area contributed by atoms with Gasteiger partial charge in [0.05, 0.1) is 19.6 Å². The average Bonchev–Trinajstić information content (AvgIpc) is 2.61. The third-order valence-electron chi connectivity index (χ3n) is 4.18. The molecule has 0 aromatic rings. The van der Waals surface area contributed by atoms with Gasteiger partial charge in [-0.25, -0.2) is 0 Å². The number of rotatable bonds is 17. The minimum atomic E-state index is -4.72. The molecule has 160 valence electrons. The second-order valence-corrected chi connectivity index (χ2v) is 8.38. The molecular formula is C19H36O7S. The van der Waals surface area contributed by atoms with E-state index in [4.69, 9.17) is 14.0 Å². The topological polar surface area (TPSA) is 107 Å². The zero-order valence-corrected chi connectivity index (χ0v) is 17.6. The zero-order chi connectivity index (χ0) is 20.5. The van der Waals surface area contributed by atoms with Gasteiger partial charge in [0, 0.05) is 0 Å². The summed E-state index contributed by atoms with van der Waals surface area (Å²) < 4.78 is 41.4. The lowest BCUT2D eigenvalue weighted by molar-refractivity contribution is -0.150. The van der Waals surface area contributed by atoms with E-state index in [1.807, 2.05) is 0 Å². The summed E-state index contributed by atoms with van der Waals surface area (Å²) in [6.07, 6.45) is 11.3. The average molecular weight is 409 g/mol. The van der Waals surface area contributed by atoms with Gasteiger partial charge < -0.3 is 9.47 Å². The second-order valence-electron chi connectivity index (χ2n) is 6.78. The summed E-state index contributed by atoms with van der Waals surface area (Å²) in [6, 6.07) is 0. The Bertz CT molecular complexity index is 502. The standard InChI is InChI=1S/C19H36O7S/c1-3-5-6-7-8-9-10-11-12-13-15-25-18(20)16-17(27(22,23)24)19(21)26-14-4-2/h17H,3-16H2,1-2H3,(H,22,23,24). The SMILES string of the molecule is CCCCCCCCCCCCOC(=O)CC(C(=O)OCCC)S(=O)(=O)O. The fraction of sp³-hybridized carbons (Fsp3) is 0.895. The quantitative estimate of drug-likeness (QED) is 0.220. The third-order valence-corrected chi connectivity index (χ3v) is 5.26. The van der Waals surface area contributed by atoms with Crippen LogP contribution < -0.4 is 0 Å². The van der Waals surface area contributed by atoms with Crippen LogP contribution in [0, 0.1) is 0 Å². The van der Waals surface area contributed by atoms with Crippen LogP contribution in [0.2, 0.25) is 0 Å². The maximum absolute atomic E-state index is 11.7. The summed E-state index contributed by atoms with van der Waals surface area (Å²) in [5.74, 6) is -1.96. The Morgan fingerprint density at radius 3 is 1.78 bits per heavy atom. The number of hydrogen-bond acceptors (Lipinski definition) is 6. The van der Waals surface area contributed by atoms with E-state index in [2.05, 4.69) is 6.92 Å². The van der Waals surface area contributed by atoms with Gasteiger partial charge in [-0.05, 0) is 12.8 Å². The van der Waals surface area contributed by atoms with Crippen LogP contribution in [0.1, 0.15) is 90.9 Å². The maximum Gasteiger partial charge on any atom is 0.327 e. The van der Waals surface area contributed by atoms with Crippen molar-refractivity contribution in [3.05, 3.63) is 0 Å². The van der Waals surface area contributed by atoms with Gasteiger partial charge in [0.15, 0.2) is 5.25 Å². The number of hydrogen-bond donors (Lipinski definition) is 1. The molecular weight excluding hydrogens is 372 g/mol. The number of ether oxygens (including phenoxy) is 2. The van der Waals surface area contributed by atoms with Crippen LogP contribution in [-0.2, 0) is 29.2 Å². The smallest absolute Gasteiger partial charge is 0.327 e. The Hall–Kier alpha value is -1.15. The van der Waals surface area contributed by atoms with Crippen molar-refractivity contribution in [3.8, 4) is 0 Å². The number of carbonyl (C=O) groups excluding carboxylic acids is 2. The predicted molar refractivity (Wildman–Crippen MR) is 104 cm³/mol. The van der Waals surface area contributed by atoms with E-state index in [1.165, 1.54) is 38.5 Å². The summed E-state index contributed by atoms with van der Waals surface area (Å²) in [5.41, 5.74) is 0. The van der Waals surface area contributed by atoms with Gasteiger partial charge >= 0.3 is 11.9 Å². The molecule has 0 aliphatic rings. The van der Waals surface area contributed by atoms with Crippen LogP contribution in [0.25, 0.3) is 0 Å². The summed E-state index contributed by atoms with van der Waals surface area (Å²) in [5, 5.41) is -1.93. The monoisotopic (exact) mass is 408 g/mol. The predicted octanol–water partition coefficient (Wildman–Crippen LogP) is 4.05. The Morgan fingerprint density at radius 2 is 1.30 bits per heavy atom. The number of unbranched alkanes of at least 4 members (excludes halogenated alkanes) is 9. The molecule has 0 amide bonds. The van der Waals surface area contributed by atoms with Gasteiger partial charge in [-0.2, -0.15) is 8.42 Å². The van der Waals surface area contributed by atoms with Crippen molar-refractivity contribution in [1.82, 2.24) is 0 Å². The van der Waals surface area contributed by atoms with Gasteiger partial charge in [0.2, 0.25) is 0 Å². The van der Waals surface area contributed by atoms with Crippen LogP contribution in [0.15, 0.2) is 0 Å². The van der Waals surface area contributed by atoms with E-state index < -0.39 is 33.7 Å². The molecule has 1 atom stereocenters. The molecule has 8 heteroatoms. The first-order valence-electron chi connectivity index (χ1n) is 10.1. The van der Waals surface area contributed by atoms with E-state index in [-0.39, 0.29) is 13.2 Å². The molecule has 0 aromatic carbocycles. The van der Waals surface area contributed by atoms with E-state index >= 15 is 0 Å². The molecule has 0 aromatic heterocycles. The highest BCUT2D eigenvalue weighted by molar-refractivity contribution is 7.87. The fourth-order valence-electron chi connectivity index (χ4n) is 2.59. The largest absolute Gasteiger partial charge is 0.466 e. The van der Waals surface area contributed by atoms with E-state index in [1.54, 1.807) is 6.92 Å². The van der Waals surface area contributed by atoms with Crippen LogP contribution in [0.5, 0.6) is 0 Å². The van der Waals surface area contributed by atoms with Crippen molar-refractivity contribution in [2.75, 3.05) is 13.2 Å². The molecule has 0 aliphatic carbocycles. The first-order chi connectivity index (χ1) is 12.8. The maximum atomic E-state index is 11.7. The van der Waals surface area contributed by atoms with E-state index in [9.17, 15) is 18.0 Å². The summed E-state index contributed by atoms with van der Waals surface area (Å²) in [7, 11) is -4.72. The van der Waals surface area contributed by atoms with E-state index in [0.717, 1.165) is 19.3 Å². The minimum absolute atomic E-state index is 0.0263. The van der Waals surface area contributed by atoms with Crippen molar-refractivity contribution < 1.29 is 32.0 Å². The lowest BCUT2D eigenvalue weighted by atomic mass is 10.1. The summed E-state index contributed by atoms with van der Waals surface area (Å²) in [6.45, 7) is 4.15. The highest BCUT2D eigenvalue weighted by atomic mass is 32.2. The molecule has 0 bridgehead atoms. The molecule has 0 heterocycles. The normalized spacial score (nSPS) is 12.6. The first kappa shape index (κ1) is 25.9. The van der Waals surface area contributed by atoms with Gasteiger partial charge in [-0.3, -0.25) is 14.1 Å².